The molecule has 0 aliphatic heterocycles. The smallest absolute Gasteiger partial charge is 0.356 e. The van der Waals surface area contributed by atoms with Crippen LogP contribution in [0.1, 0.15) is 17.4 Å². The third kappa shape index (κ3) is 3.16. The molecule has 9 heteroatoms. The molecule has 2 aromatic rings. The van der Waals surface area contributed by atoms with Crippen LogP contribution in [0.4, 0.5) is 14.5 Å². The lowest BCUT2D eigenvalue weighted by atomic mass is 10.1. The number of carboxylic acid groups (broad SMARTS) is 1. The lowest BCUT2D eigenvalue weighted by molar-refractivity contribution is 0.0691. The van der Waals surface area contributed by atoms with E-state index in [2.05, 4.69) is 4.98 Å². The zero-order chi connectivity index (χ0) is 17.3. The molecule has 0 unspecified atom stereocenters. The number of aromatic carboxylic acids is 1. The summed E-state index contributed by atoms with van der Waals surface area (Å²) in [6.07, 6.45) is 0. The van der Waals surface area contributed by atoms with Gasteiger partial charge in [0.2, 0.25) is 0 Å². The number of ether oxygens (including phenoxy) is 1. The Kier molecular flexibility index (Phi) is 4.91. The van der Waals surface area contributed by atoms with Crippen LogP contribution in [0.15, 0.2) is 12.1 Å². The highest BCUT2D eigenvalue weighted by atomic mass is 35.5. The van der Waals surface area contributed by atoms with Crippen molar-refractivity contribution in [2.75, 3.05) is 12.3 Å². The average Bonchev–Trinajstić information content (AvgIpc) is 2.46. The van der Waals surface area contributed by atoms with Crippen LogP contribution in [0, 0.1) is 11.6 Å². The zero-order valence-corrected chi connectivity index (χ0v) is 13.2. The molecular weight excluding hydrogens is 353 g/mol. The van der Waals surface area contributed by atoms with Crippen molar-refractivity contribution in [3.05, 3.63) is 39.5 Å². The molecule has 1 aromatic heterocycles. The molecular formula is C14H10Cl2F2N2O3. The average molecular weight is 363 g/mol. The maximum Gasteiger partial charge on any atom is 0.356 e. The molecule has 2 rings (SSSR count). The van der Waals surface area contributed by atoms with Crippen molar-refractivity contribution in [2.24, 2.45) is 0 Å². The fraction of sp³-hybridized carbons (Fsp3) is 0.143. The fourth-order valence-corrected chi connectivity index (χ4v) is 2.31. The SMILES string of the molecule is CCOc1c(Cl)cc(F)c(-c2cc(N)c(Cl)c(C(=O)O)n2)c1F. The number of benzene rings is 1. The molecule has 0 saturated carbocycles. The highest BCUT2D eigenvalue weighted by molar-refractivity contribution is 6.35. The number of nitrogens with zero attached hydrogens (tertiary/aromatic N) is 1. The maximum absolute atomic E-state index is 14.5. The van der Waals surface area contributed by atoms with Gasteiger partial charge in [0.25, 0.3) is 0 Å². The van der Waals surface area contributed by atoms with Crippen LogP contribution in [-0.2, 0) is 0 Å². The van der Waals surface area contributed by atoms with E-state index in [1.807, 2.05) is 0 Å². The van der Waals surface area contributed by atoms with Crippen LogP contribution in [-0.4, -0.2) is 22.7 Å². The Bertz CT molecular complexity index is 800. The van der Waals surface area contributed by atoms with Crippen LogP contribution in [0.2, 0.25) is 10.0 Å². The van der Waals surface area contributed by atoms with Gasteiger partial charge in [0.15, 0.2) is 17.3 Å². The molecule has 0 fully saturated rings. The first-order chi connectivity index (χ1) is 10.8. The molecule has 0 atom stereocenters. The number of aromatic nitrogens is 1. The Morgan fingerprint density at radius 1 is 1.39 bits per heavy atom. The number of carbonyl (C=O) groups is 1. The first-order valence-corrected chi connectivity index (χ1v) is 7.03. The van der Waals surface area contributed by atoms with Gasteiger partial charge in [-0.2, -0.15) is 0 Å². The van der Waals surface area contributed by atoms with Gasteiger partial charge in [0.1, 0.15) is 5.82 Å². The van der Waals surface area contributed by atoms with Gasteiger partial charge in [0, 0.05) is 0 Å². The zero-order valence-electron chi connectivity index (χ0n) is 11.7. The first-order valence-electron chi connectivity index (χ1n) is 6.27. The molecule has 0 saturated heterocycles. The molecule has 0 aliphatic carbocycles. The largest absolute Gasteiger partial charge is 0.489 e. The van der Waals surface area contributed by atoms with Gasteiger partial charge in [-0.15, -0.1) is 0 Å². The van der Waals surface area contributed by atoms with E-state index in [0.29, 0.717) is 0 Å². The van der Waals surface area contributed by atoms with Gasteiger partial charge in [-0.3, -0.25) is 0 Å². The highest BCUT2D eigenvalue weighted by Gasteiger charge is 2.24. The number of hydrogen-bond donors (Lipinski definition) is 2. The topological polar surface area (TPSA) is 85.4 Å². The number of rotatable bonds is 4. The number of nitrogens with two attached hydrogens (primary N) is 1. The normalized spacial score (nSPS) is 10.7. The summed E-state index contributed by atoms with van der Waals surface area (Å²) >= 11 is 11.5. The first kappa shape index (κ1) is 17.2. The van der Waals surface area contributed by atoms with Crippen molar-refractivity contribution in [2.45, 2.75) is 6.92 Å². The molecule has 1 aromatic carbocycles. The molecule has 0 amide bonds. The molecule has 3 N–H and O–H groups in total. The Labute approximate surface area is 139 Å². The lowest BCUT2D eigenvalue weighted by Gasteiger charge is -2.13. The van der Waals surface area contributed by atoms with Crippen molar-refractivity contribution in [1.29, 1.82) is 0 Å². The summed E-state index contributed by atoms with van der Waals surface area (Å²) in [5.74, 6) is -4.00. The summed E-state index contributed by atoms with van der Waals surface area (Å²) in [6, 6.07) is 1.91. The van der Waals surface area contributed by atoms with Gasteiger partial charge < -0.3 is 15.6 Å². The maximum atomic E-state index is 14.5. The van der Waals surface area contributed by atoms with E-state index in [4.69, 9.17) is 38.8 Å². The number of pyridine rings is 1. The Hall–Kier alpha value is -2.12. The Morgan fingerprint density at radius 3 is 2.61 bits per heavy atom. The van der Waals surface area contributed by atoms with Crippen molar-refractivity contribution >= 4 is 34.9 Å². The summed E-state index contributed by atoms with van der Waals surface area (Å²) in [4.78, 5) is 14.8. The van der Waals surface area contributed by atoms with Gasteiger partial charge in [-0.25, -0.2) is 18.6 Å². The monoisotopic (exact) mass is 362 g/mol. The minimum absolute atomic E-state index is 0.0955. The minimum Gasteiger partial charge on any atom is -0.489 e. The van der Waals surface area contributed by atoms with Gasteiger partial charge in [-0.05, 0) is 19.1 Å². The number of halogens is 4. The van der Waals surface area contributed by atoms with Crippen molar-refractivity contribution in [1.82, 2.24) is 4.98 Å². The van der Waals surface area contributed by atoms with E-state index in [-0.39, 0.29) is 33.8 Å². The van der Waals surface area contributed by atoms with Crippen molar-refractivity contribution in [3.8, 4) is 17.0 Å². The molecule has 0 spiro atoms. The summed E-state index contributed by atoms with van der Waals surface area (Å²) < 4.78 is 33.7. The van der Waals surface area contributed by atoms with Gasteiger partial charge >= 0.3 is 5.97 Å². The molecule has 5 nitrogen and oxygen atoms in total. The summed E-state index contributed by atoms with van der Waals surface area (Å²) in [5, 5.41) is 8.47. The van der Waals surface area contributed by atoms with Crippen LogP contribution in [0.5, 0.6) is 5.75 Å². The standard InChI is InChI=1S/C14H10Cl2F2N2O3/c1-2-23-13-5(15)3-6(17)9(11(13)18)8-4-7(19)10(16)12(20-8)14(21)22/h3-4H,2H2,1H3,(H2,19,20)(H,21,22). The van der Waals surface area contributed by atoms with Crippen LogP contribution >= 0.6 is 23.2 Å². The number of hydrogen-bond acceptors (Lipinski definition) is 4. The van der Waals surface area contributed by atoms with Crippen molar-refractivity contribution in [3.63, 3.8) is 0 Å². The van der Waals surface area contributed by atoms with Crippen molar-refractivity contribution < 1.29 is 23.4 Å². The number of anilines is 1. The lowest BCUT2D eigenvalue weighted by Crippen LogP contribution is -2.07. The molecule has 1 heterocycles. The summed E-state index contributed by atoms with van der Waals surface area (Å²) in [5.41, 5.74) is 3.84. The van der Waals surface area contributed by atoms with E-state index < -0.39 is 28.9 Å². The fourth-order valence-electron chi connectivity index (χ4n) is 1.90. The molecule has 23 heavy (non-hydrogen) atoms. The summed E-state index contributed by atoms with van der Waals surface area (Å²) in [6.45, 7) is 1.69. The predicted molar refractivity (Wildman–Crippen MR) is 82.1 cm³/mol. The second kappa shape index (κ2) is 6.55. The number of carboxylic acids is 1. The minimum atomic E-state index is -1.48. The predicted octanol–water partition coefficient (Wildman–Crippen LogP) is 4.01. The molecule has 0 aliphatic rings. The van der Waals surface area contributed by atoms with Crippen LogP contribution in [0.3, 0.4) is 0 Å². The highest BCUT2D eigenvalue weighted by Crippen LogP contribution is 2.38. The third-order valence-electron chi connectivity index (χ3n) is 2.86. The molecule has 0 radical (unpaired) electrons. The van der Waals surface area contributed by atoms with E-state index in [9.17, 15) is 13.6 Å². The van der Waals surface area contributed by atoms with E-state index in [1.54, 1.807) is 6.92 Å². The van der Waals surface area contributed by atoms with E-state index in [0.717, 1.165) is 12.1 Å². The van der Waals surface area contributed by atoms with Gasteiger partial charge in [0.05, 0.1) is 33.6 Å². The Morgan fingerprint density at radius 2 is 2.04 bits per heavy atom. The Balaban J connectivity index is 2.77. The van der Waals surface area contributed by atoms with E-state index >= 15 is 0 Å². The molecule has 0 bridgehead atoms. The van der Waals surface area contributed by atoms with Crippen LogP contribution < -0.4 is 10.5 Å². The second-order valence-electron chi connectivity index (χ2n) is 4.36. The second-order valence-corrected chi connectivity index (χ2v) is 5.14. The third-order valence-corrected chi connectivity index (χ3v) is 3.54. The van der Waals surface area contributed by atoms with Crippen LogP contribution in [0.25, 0.3) is 11.3 Å². The van der Waals surface area contributed by atoms with Gasteiger partial charge in [-0.1, -0.05) is 23.2 Å². The number of nitrogen functional groups attached to an aromatic ring is 1. The summed E-state index contributed by atoms with van der Waals surface area (Å²) in [7, 11) is 0. The quantitative estimate of drug-likeness (QED) is 0.857. The van der Waals surface area contributed by atoms with E-state index in [1.165, 1.54) is 0 Å². The molecule has 122 valence electrons.